The summed E-state index contributed by atoms with van der Waals surface area (Å²) in [4.78, 5) is 12.9. The maximum Gasteiger partial charge on any atom is 0.207 e. The molecule has 1 aromatic rings. The van der Waals surface area contributed by atoms with Crippen molar-refractivity contribution in [2.24, 2.45) is 0 Å². The molecule has 1 aliphatic rings. The van der Waals surface area contributed by atoms with E-state index in [9.17, 15) is 4.79 Å². The fraction of sp³-hybridized carbons (Fsp3) is 0.500. The summed E-state index contributed by atoms with van der Waals surface area (Å²) in [5.41, 5.74) is 1.47. The number of benzene rings is 1. The average molecular weight is 232 g/mol. The molecule has 0 aromatic heterocycles. The molecule has 1 aliphatic heterocycles. The predicted molar refractivity (Wildman–Crippen MR) is 68.9 cm³/mol. The smallest absolute Gasteiger partial charge is 0.207 e. The fourth-order valence-corrected chi connectivity index (χ4v) is 2.64. The highest BCUT2D eigenvalue weighted by atomic mass is 16.1. The Bertz CT molecular complexity index is 356. The van der Waals surface area contributed by atoms with Crippen molar-refractivity contribution in [3.8, 4) is 0 Å². The van der Waals surface area contributed by atoms with Crippen LogP contribution in [0.25, 0.3) is 0 Å². The van der Waals surface area contributed by atoms with Crippen LogP contribution in [0.3, 0.4) is 0 Å². The zero-order valence-corrected chi connectivity index (χ0v) is 10.4. The summed E-state index contributed by atoms with van der Waals surface area (Å²) < 4.78 is 0. The van der Waals surface area contributed by atoms with E-state index in [2.05, 4.69) is 41.5 Å². The van der Waals surface area contributed by atoms with E-state index in [-0.39, 0.29) is 5.41 Å². The zero-order valence-electron chi connectivity index (χ0n) is 10.4. The van der Waals surface area contributed by atoms with Crippen molar-refractivity contribution in [3.05, 3.63) is 35.9 Å². The van der Waals surface area contributed by atoms with E-state index < -0.39 is 0 Å². The Morgan fingerprint density at radius 1 is 1.29 bits per heavy atom. The van der Waals surface area contributed by atoms with Crippen molar-refractivity contribution in [2.45, 2.75) is 18.3 Å². The second-order valence-corrected chi connectivity index (χ2v) is 4.95. The summed E-state index contributed by atoms with van der Waals surface area (Å²) >= 11 is 0. The van der Waals surface area contributed by atoms with Crippen LogP contribution in [-0.4, -0.2) is 38.0 Å². The Hall–Kier alpha value is -1.35. The number of hydrogen-bond acceptors (Lipinski definition) is 2. The number of nitrogens with zero attached hydrogens (tertiary/aromatic N) is 1. The lowest BCUT2D eigenvalue weighted by Gasteiger charge is -2.41. The van der Waals surface area contributed by atoms with Crippen molar-refractivity contribution in [1.29, 1.82) is 0 Å². The lowest BCUT2D eigenvalue weighted by atomic mass is 9.73. The molecule has 0 spiro atoms. The SMILES string of the molecule is CN1CCC(CNC=O)(c2ccccc2)CC1. The van der Waals surface area contributed by atoms with Gasteiger partial charge in [0.05, 0.1) is 0 Å². The molecule has 1 heterocycles. The van der Waals surface area contributed by atoms with Crippen LogP contribution in [0.4, 0.5) is 0 Å². The van der Waals surface area contributed by atoms with E-state index in [0.717, 1.165) is 38.9 Å². The van der Waals surface area contributed by atoms with Crippen LogP contribution in [0.5, 0.6) is 0 Å². The summed E-state index contributed by atoms with van der Waals surface area (Å²) in [6.45, 7) is 2.93. The molecule has 0 aliphatic carbocycles. The second-order valence-electron chi connectivity index (χ2n) is 4.95. The molecular weight excluding hydrogens is 212 g/mol. The summed E-state index contributed by atoms with van der Waals surface area (Å²) in [5, 5.41) is 2.87. The molecule has 17 heavy (non-hydrogen) atoms. The predicted octanol–water partition coefficient (Wildman–Crippen LogP) is 1.40. The first-order valence-electron chi connectivity index (χ1n) is 6.18. The number of carbonyl (C=O) groups excluding carboxylic acids is 1. The van der Waals surface area contributed by atoms with Gasteiger partial charge < -0.3 is 10.2 Å². The largest absolute Gasteiger partial charge is 0.358 e. The van der Waals surface area contributed by atoms with Crippen LogP contribution in [0, 0.1) is 0 Å². The van der Waals surface area contributed by atoms with Crippen LogP contribution in [0.2, 0.25) is 0 Å². The number of nitrogens with one attached hydrogen (secondary N) is 1. The number of piperidine rings is 1. The van der Waals surface area contributed by atoms with Crippen LogP contribution in [0.15, 0.2) is 30.3 Å². The van der Waals surface area contributed by atoms with Gasteiger partial charge in [-0.15, -0.1) is 0 Å². The zero-order chi connectivity index (χ0) is 12.1. The molecule has 0 atom stereocenters. The highest BCUT2D eigenvalue weighted by Crippen LogP contribution is 2.34. The highest BCUT2D eigenvalue weighted by Gasteiger charge is 2.34. The molecule has 3 heteroatoms. The van der Waals surface area contributed by atoms with Gasteiger partial charge in [0, 0.05) is 12.0 Å². The molecule has 1 N–H and O–H groups in total. The number of rotatable bonds is 4. The molecule has 1 fully saturated rings. The van der Waals surface area contributed by atoms with Gasteiger partial charge in [-0.05, 0) is 38.5 Å². The van der Waals surface area contributed by atoms with Crippen LogP contribution < -0.4 is 5.32 Å². The van der Waals surface area contributed by atoms with E-state index in [1.807, 2.05) is 6.07 Å². The summed E-state index contributed by atoms with van der Waals surface area (Å²) in [6.07, 6.45) is 3.02. The van der Waals surface area contributed by atoms with Gasteiger partial charge in [-0.3, -0.25) is 4.79 Å². The van der Waals surface area contributed by atoms with Crippen LogP contribution >= 0.6 is 0 Å². The molecule has 1 aromatic carbocycles. The van der Waals surface area contributed by atoms with Gasteiger partial charge >= 0.3 is 0 Å². The minimum Gasteiger partial charge on any atom is -0.358 e. The Kier molecular flexibility index (Phi) is 3.79. The Labute approximate surface area is 103 Å². The van der Waals surface area contributed by atoms with Crippen molar-refractivity contribution in [1.82, 2.24) is 10.2 Å². The van der Waals surface area contributed by atoms with Gasteiger partial charge in [0.15, 0.2) is 0 Å². The average Bonchev–Trinajstić information content (AvgIpc) is 2.40. The lowest BCUT2D eigenvalue weighted by molar-refractivity contribution is -0.109. The first kappa shape index (κ1) is 12.1. The molecule has 0 unspecified atom stereocenters. The van der Waals surface area contributed by atoms with Gasteiger partial charge in [-0.2, -0.15) is 0 Å². The molecule has 1 amide bonds. The quantitative estimate of drug-likeness (QED) is 0.796. The topological polar surface area (TPSA) is 32.3 Å². The fourth-order valence-electron chi connectivity index (χ4n) is 2.64. The molecule has 0 bridgehead atoms. The molecule has 92 valence electrons. The minimum absolute atomic E-state index is 0.120. The van der Waals surface area contributed by atoms with Crippen molar-refractivity contribution < 1.29 is 4.79 Å². The second kappa shape index (κ2) is 5.32. The molecule has 1 saturated heterocycles. The van der Waals surface area contributed by atoms with Crippen LogP contribution in [0.1, 0.15) is 18.4 Å². The van der Waals surface area contributed by atoms with Crippen LogP contribution in [-0.2, 0) is 10.2 Å². The first-order valence-corrected chi connectivity index (χ1v) is 6.18. The Morgan fingerprint density at radius 2 is 1.94 bits per heavy atom. The maximum absolute atomic E-state index is 10.6. The van der Waals surface area contributed by atoms with Gasteiger partial charge in [-0.25, -0.2) is 0 Å². The maximum atomic E-state index is 10.6. The van der Waals surface area contributed by atoms with Crippen molar-refractivity contribution in [2.75, 3.05) is 26.7 Å². The Balaban J connectivity index is 2.21. The number of amides is 1. The summed E-state index contributed by atoms with van der Waals surface area (Å²) in [6, 6.07) is 10.6. The molecular formula is C14H20N2O. The first-order chi connectivity index (χ1) is 8.27. The van der Waals surface area contributed by atoms with E-state index in [4.69, 9.17) is 0 Å². The van der Waals surface area contributed by atoms with Gasteiger partial charge in [0.1, 0.15) is 0 Å². The summed E-state index contributed by atoms with van der Waals surface area (Å²) in [5.74, 6) is 0. The number of likely N-dealkylation sites (tertiary alicyclic amines) is 1. The number of hydrogen-bond donors (Lipinski definition) is 1. The summed E-state index contributed by atoms with van der Waals surface area (Å²) in [7, 11) is 2.15. The van der Waals surface area contributed by atoms with Gasteiger partial charge in [-0.1, -0.05) is 30.3 Å². The van der Waals surface area contributed by atoms with E-state index in [0.29, 0.717) is 0 Å². The van der Waals surface area contributed by atoms with Gasteiger partial charge in [0.25, 0.3) is 0 Å². The molecule has 0 radical (unpaired) electrons. The highest BCUT2D eigenvalue weighted by molar-refractivity contribution is 5.46. The Morgan fingerprint density at radius 3 is 2.53 bits per heavy atom. The van der Waals surface area contributed by atoms with E-state index in [1.165, 1.54) is 5.56 Å². The third kappa shape index (κ3) is 2.67. The minimum atomic E-state index is 0.120. The molecule has 3 nitrogen and oxygen atoms in total. The normalized spacial score (nSPS) is 19.8. The lowest BCUT2D eigenvalue weighted by Crippen LogP contribution is -2.46. The van der Waals surface area contributed by atoms with Gasteiger partial charge in [0.2, 0.25) is 6.41 Å². The number of carbonyl (C=O) groups is 1. The third-order valence-electron chi connectivity index (χ3n) is 3.85. The van der Waals surface area contributed by atoms with E-state index in [1.54, 1.807) is 0 Å². The standard InChI is InChI=1S/C14H20N2O/c1-16-9-7-14(8-10-16,11-15-12-17)13-5-3-2-4-6-13/h2-6,12H,7-11H2,1H3,(H,15,17). The van der Waals surface area contributed by atoms with E-state index >= 15 is 0 Å². The monoisotopic (exact) mass is 232 g/mol. The van der Waals surface area contributed by atoms with Crippen molar-refractivity contribution in [3.63, 3.8) is 0 Å². The van der Waals surface area contributed by atoms with Crippen molar-refractivity contribution >= 4 is 6.41 Å². The molecule has 0 saturated carbocycles. The molecule has 2 rings (SSSR count). The third-order valence-corrected chi connectivity index (χ3v) is 3.85.